The zero-order valence-electron chi connectivity index (χ0n) is 9.49. The van der Waals surface area contributed by atoms with Crippen molar-refractivity contribution in [1.82, 2.24) is 0 Å². The van der Waals surface area contributed by atoms with Gasteiger partial charge < -0.3 is 9.47 Å². The highest BCUT2D eigenvalue weighted by molar-refractivity contribution is 9.08. The van der Waals surface area contributed by atoms with Gasteiger partial charge in [-0.2, -0.15) is 0 Å². The Hall–Kier alpha value is -0.380. The van der Waals surface area contributed by atoms with E-state index in [1.807, 2.05) is 0 Å². The molecule has 0 N–H and O–H groups in total. The van der Waals surface area contributed by atoms with Gasteiger partial charge in [0, 0.05) is 25.5 Å². The molecule has 88 valence electrons. The minimum Gasteiger partial charge on any atom is -0.381 e. The van der Waals surface area contributed by atoms with Gasteiger partial charge in [0.2, 0.25) is 0 Å². The van der Waals surface area contributed by atoms with Crippen molar-refractivity contribution in [2.45, 2.75) is 30.4 Å². The largest absolute Gasteiger partial charge is 0.381 e. The van der Waals surface area contributed by atoms with Gasteiger partial charge in [-0.05, 0) is 17.5 Å². The molecular weight excluding hydrogens is 268 g/mol. The van der Waals surface area contributed by atoms with E-state index < -0.39 is 0 Å². The molecule has 0 amide bonds. The van der Waals surface area contributed by atoms with Crippen molar-refractivity contribution in [2.75, 3.05) is 13.7 Å². The lowest BCUT2D eigenvalue weighted by Crippen LogP contribution is -2.25. The summed E-state index contributed by atoms with van der Waals surface area (Å²) >= 11 is 3.48. The zero-order chi connectivity index (χ0) is 11.4. The van der Waals surface area contributed by atoms with Crippen molar-refractivity contribution in [3.8, 4) is 0 Å². The third kappa shape index (κ3) is 2.84. The Balaban J connectivity index is 2.10. The first-order valence-electron chi connectivity index (χ1n) is 5.62. The molecule has 1 aromatic rings. The summed E-state index contributed by atoms with van der Waals surface area (Å²) in [6.45, 7) is 0.793. The molecule has 0 saturated carbocycles. The maximum Gasteiger partial charge on any atom is 0.0849 e. The molecule has 0 radical (unpaired) electrons. The first-order chi connectivity index (χ1) is 7.83. The number of hydrogen-bond donors (Lipinski definition) is 0. The van der Waals surface area contributed by atoms with E-state index in [9.17, 15) is 0 Å². The van der Waals surface area contributed by atoms with E-state index in [0.29, 0.717) is 6.10 Å². The molecule has 0 aromatic heterocycles. The van der Waals surface area contributed by atoms with Crippen molar-refractivity contribution in [2.24, 2.45) is 0 Å². The van der Waals surface area contributed by atoms with Crippen LogP contribution in [0.15, 0.2) is 24.3 Å². The second kappa shape index (κ2) is 5.80. The molecule has 2 rings (SSSR count). The van der Waals surface area contributed by atoms with Gasteiger partial charge in [0.05, 0.1) is 12.2 Å². The Labute approximate surface area is 105 Å². The molecule has 0 spiro atoms. The van der Waals surface area contributed by atoms with Gasteiger partial charge in [-0.25, -0.2) is 0 Å². The normalized spacial score (nSPS) is 25.6. The zero-order valence-corrected chi connectivity index (χ0v) is 11.1. The fourth-order valence-electron chi connectivity index (χ4n) is 2.09. The molecule has 16 heavy (non-hydrogen) atoms. The van der Waals surface area contributed by atoms with E-state index in [1.54, 1.807) is 7.11 Å². The van der Waals surface area contributed by atoms with Crippen LogP contribution in [-0.4, -0.2) is 19.8 Å². The monoisotopic (exact) mass is 284 g/mol. The highest BCUT2D eigenvalue weighted by Gasteiger charge is 2.23. The second-order valence-electron chi connectivity index (χ2n) is 4.12. The van der Waals surface area contributed by atoms with Crippen molar-refractivity contribution < 1.29 is 9.47 Å². The molecule has 1 aliphatic heterocycles. The van der Waals surface area contributed by atoms with E-state index in [1.165, 1.54) is 11.1 Å². The molecular formula is C13H17BrO2. The van der Waals surface area contributed by atoms with Crippen LogP contribution in [0.1, 0.15) is 30.1 Å². The van der Waals surface area contributed by atoms with Gasteiger partial charge >= 0.3 is 0 Å². The average Bonchev–Trinajstić information content (AvgIpc) is 2.39. The Bertz CT molecular complexity index is 340. The number of alkyl halides is 1. The summed E-state index contributed by atoms with van der Waals surface area (Å²) in [5.41, 5.74) is 2.55. The van der Waals surface area contributed by atoms with Crippen molar-refractivity contribution in [3.63, 3.8) is 0 Å². The standard InChI is InChI=1S/C13H17BrO2/c1-15-12-5-6-16-13(8-12)11-4-2-3-10(7-11)9-14/h2-4,7,12-13H,5-6,8-9H2,1H3. The first-order valence-corrected chi connectivity index (χ1v) is 6.75. The number of methoxy groups -OCH3 is 1. The van der Waals surface area contributed by atoms with Crippen molar-refractivity contribution >= 4 is 15.9 Å². The van der Waals surface area contributed by atoms with E-state index in [4.69, 9.17) is 9.47 Å². The maximum atomic E-state index is 5.80. The topological polar surface area (TPSA) is 18.5 Å². The summed E-state index contributed by atoms with van der Waals surface area (Å²) < 4.78 is 11.2. The molecule has 1 aliphatic rings. The van der Waals surface area contributed by atoms with Gasteiger partial charge in [0.1, 0.15) is 0 Å². The Morgan fingerprint density at radius 2 is 2.38 bits per heavy atom. The van der Waals surface area contributed by atoms with Crippen molar-refractivity contribution in [1.29, 1.82) is 0 Å². The maximum absolute atomic E-state index is 5.80. The molecule has 1 heterocycles. The van der Waals surface area contributed by atoms with Crippen LogP contribution >= 0.6 is 15.9 Å². The summed E-state index contributed by atoms with van der Waals surface area (Å²) in [6.07, 6.45) is 2.50. The second-order valence-corrected chi connectivity index (χ2v) is 4.68. The van der Waals surface area contributed by atoms with Crippen molar-refractivity contribution in [3.05, 3.63) is 35.4 Å². The molecule has 0 aliphatic carbocycles. The Morgan fingerprint density at radius 3 is 3.12 bits per heavy atom. The SMILES string of the molecule is COC1CCOC(c2cccc(CBr)c2)C1. The van der Waals surface area contributed by atoms with Crippen LogP contribution < -0.4 is 0 Å². The lowest BCUT2D eigenvalue weighted by molar-refractivity contribution is -0.0599. The van der Waals surface area contributed by atoms with E-state index in [2.05, 4.69) is 40.2 Å². The van der Waals surface area contributed by atoms with Crippen LogP contribution in [0.5, 0.6) is 0 Å². The number of halogens is 1. The summed E-state index contributed by atoms with van der Waals surface area (Å²) in [5, 5.41) is 0.890. The van der Waals surface area contributed by atoms with Crippen LogP contribution in [0.2, 0.25) is 0 Å². The molecule has 2 atom stereocenters. The van der Waals surface area contributed by atoms with Crippen LogP contribution in [0.4, 0.5) is 0 Å². The number of rotatable bonds is 3. The van der Waals surface area contributed by atoms with Crippen LogP contribution in [0, 0.1) is 0 Å². The predicted molar refractivity (Wildman–Crippen MR) is 67.8 cm³/mol. The molecule has 2 nitrogen and oxygen atoms in total. The summed E-state index contributed by atoms with van der Waals surface area (Å²) in [4.78, 5) is 0. The molecule has 1 saturated heterocycles. The minimum absolute atomic E-state index is 0.192. The minimum atomic E-state index is 0.192. The third-order valence-corrected chi connectivity index (χ3v) is 3.69. The fraction of sp³-hybridized carbons (Fsp3) is 0.538. The van der Waals surface area contributed by atoms with Gasteiger partial charge in [0.25, 0.3) is 0 Å². The quantitative estimate of drug-likeness (QED) is 0.792. The van der Waals surface area contributed by atoms with E-state index in [-0.39, 0.29) is 6.10 Å². The predicted octanol–water partition coefficient (Wildman–Crippen LogP) is 3.45. The van der Waals surface area contributed by atoms with Gasteiger partial charge in [-0.1, -0.05) is 40.2 Å². The van der Waals surface area contributed by atoms with E-state index >= 15 is 0 Å². The summed E-state index contributed by atoms with van der Waals surface area (Å²) in [6, 6.07) is 8.55. The van der Waals surface area contributed by atoms with Crippen LogP contribution in [0.25, 0.3) is 0 Å². The summed E-state index contributed by atoms with van der Waals surface area (Å²) in [7, 11) is 1.78. The van der Waals surface area contributed by atoms with E-state index in [0.717, 1.165) is 24.8 Å². The molecule has 0 bridgehead atoms. The molecule has 1 aromatic carbocycles. The number of ether oxygens (including phenoxy) is 2. The van der Waals surface area contributed by atoms with Gasteiger partial charge in [-0.15, -0.1) is 0 Å². The Kier molecular flexibility index (Phi) is 4.38. The Morgan fingerprint density at radius 1 is 1.50 bits per heavy atom. The highest BCUT2D eigenvalue weighted by Crippen LogP contribution is 2.29. The van der Waals surface area contributed by atoms with Crippen LogP contribution in [0.3, 0.4) is 0 Å². The smallest absolute Gasteiger partial charge is 0.0849 e. The average molecular weight is 285 g/mol. The number of hydrogen-bond acceptors (Lipinski definition) is 2. The summed E-state index contributed by atoms with van der Waals surface area (Å²) in [5.74, 6) is 0. The third-order valence-electron chi connectivity index (χ3n) is 3.05. The first kappa shape index (κ1) is 12.1. The molecule has 2 unspecified atom stereocenters. The fourth-order valence-corrected chi connectivity index (χ4v) is 2.44. The highest BCUT2D eigenvalue weighted by atomic mass is 79.9. The van der Waals surface area contributed by atoms with Gasteiger partial charge in [-0.3, -0.25) is 0 Å². The van der Waals surface area contributed by atoms with Gasteiger partial charge in [0.15, 0.2) is 0 Å². The molecule has 1 fully saturated rings. The lowest BCUT2D eigenvalue weighted by Gasteiger charge is -2.29. The molecule has 3 heteroatoms. The lowest BCUT2D eigenvalue weighted by atomic mass is 9.98. The van der Waals surface area contributed by atoms with Crippen LogP contribution in [-0.2, 0) is 14.8 Å². The number of benzene rings is 1.